The van der Waals surface area contributed by atoms with Crippen LogP contribution in [0, 0.1) is 0 Å². The Kier molecular flexibility index (Phi) is 6.55. The molecule has 10 heteroatoms. The molecule has 158 valence electrons. The number of carbonyl (C=O) groups is 1. The van der Waals surface area contributed by atoms with Crippen LogP contribution in [-0.4, -0.2) is 39.1 Å². The number of benzene rings is 2. The Balaban J connectivity index is 1.52. The van der Waals surface area contributed by atoms with Crippen LogP contribution in [0.15, 0.2) is 61.2 Å². The summed E-state index contributed by atoms with van der Waals surface area (Å²) < 4.78 is 43.3. The Hall–Kier alpha value is -3.56. The van der Waals surface area contributed by atoms with Crippen LogP contribution in [-0.2, 0) is 19.6 Å². The number of hydrogen-bond donors (Lipinski definition) is 1. The van der Waals surface area contributed by atoms with Crippen LogP contribution < -0.4 is 10.1 Å². The van der Waals surface area contributed by atoms with Crippen molar-refractivity contribution in [3.63, 3.8) is 0 Å². The molecule has 7 nitrogen and oxygen atoms in total. The Morgan fingerprint density at radius 3 is 2.50 bits per heavy atom. The zero-order chi connectivity index (χ0) is 21.6. The predicted octanol–water partition coefficient (Wildman–Crippen LogP) is 3.57. The molecule has 0 unspecified atom stereocenters. The van der Waals surface area contributed by atoms with Crippen molar-refractivity contribution in [1.82, 2.24) is 25.0 Å². The minimum absolute atomic E-state index is 0.0328. The SMILES string of the molecule is CN(Cc1ccccc1OC(F)(F)F)C(=O)NCc1ccc(Cn2cncn2)cc1. The van der Waals surface area contributed by atoms with Crippen LogP contribution in [0.2, 0.25) is 0 Å². The van der Waals surface area contributed by atoms with Crippen molar-refractivity contribution in [2.75, 3.05) is 7.05 Å². The van der Waals surface area contributed by atoms with Gasteiger partial charge in [-0.05, 0) is 17.2 Å². The predicted molar refractivity (Wildman–Crippen MR) is 102 cm³/mol. The summed E-state index contributed by atoms with van der Waals surface area (Å²) in [6.07, 6.45) is -1.70. The number of para-hydroxylation sites is 1. The van der Waals surface area contributed by atoms with E-state index in [9.17, 15) is 18.0 Å². The number of carbonyl (C=O) groups excluding carboxylic acids is 1. The number of hydrogen-bond acceptors (Lipinski definition) is 4. The van der Waals surface area contributed by atoms with Crippen molar-refractivity contribution < 1.29 is 22.7 Å². The lowest BCUT2D eigenvalue weighted by atomic mass is 10.1. The van der Waals surface area contributed by atoms with Gasteiger partial charge in [-0.25, -0.2) is 14.5 Å². The number of rotatable bonds is 7. The van der Waals surface area contributed by atoms with E-state index in [1.54, 1.807) is 17.1 Å². The molecular formula is C20H20F3N5O2. The van der Waals surface area contributed by atoms with Gasteiger partial charge < -0.3 is 15.0 Å². The minimum Gasteiger partial charge on any atom is -0.405 e. The van der Waals surface area contributed by atoms with Crippen molar-refractivity contribution in [3.8, 4) is 5.75 Å². The molecule has 0 aliphatic rings. The minimum atomic E-state index is -4.79. The first-order valence-electron chi connectivity index (χ1n) is 9.03. The third-order valence-corrected chi connectivity index (χ3v) is 4.23. The number of alkyl halides is 3. The number of halogens is 3. The topological polar surface area (TPSA) is 72.3 Å². The summed E-state index contributed by atoms with van der Waals surface area (Å²) in [7, 11) is 1.50. The van der Waals surface area contributed by atoms with Gasteiger partial charge in [0.2, 0.25) is 0 Å². The fourth-order valence-electron chi connectivity index (χ4n) is 2.76. The van der Waals surface area contributed by atoms with Gasteiger partial charge in [0.15, 0.2) is 0 Å². The molecule has 3 rings (SSSR count). The summed E-state index contributed by atoms with van der Waals surface area (Å²) in [5, 5.41) is 6.79. The molecule has 0 radical (unpaired) electrons. The maximum absolute atomic E-state index is 12.5. The Bertz CT molecular complexity index is 959. The van der Waals surface area contributed by atoms with E-state index in [1.807, 2.05) is 24.3 Å². The third kappa shape index (κ3) is 6.23. The normalized spacial score (nSPS) is 11.2. The van der Waals surface area contributed by atoms with Gasteiger partial charge in [-0.15, -0.1) is 13.2 Å². The molecule has 1 N–H and O–H groups in total. The van der Waals surface area contributed by atoms with Gasteiger partial charge in [-0.2, -0.15) is 5.10 Å². The Morgan fingerprint density at radius 2 is 1.83 bits per heavy atom. The number of nitrogens with zero attached hydrogens (tertiary/aromatic N) is 4. The highest BCUT2D eigenvalue weighted by atomic mass is 19.4. The highest BCUT2D eigenvalue weighted by molar-refractivity contribution is 5.74. The van der Waals surface area contributed by atoms with Crippen molar-refractivity contribution in [2.45, 2.75) is 26.0 Å². The molecule has 0 fully saturated rings. The molecule has 30 heavy (non-hydrogen) atoms. The van der Waals surface area contributed by atoms with E-state index in [0.717, 1.165) is 11.1 Å². The average Bonchev–Trinajstić information content (AvgIpc) is 3.20. The van der Waals surface area contributed by atoms with E-state index in [-0.39, 0.29) is 24.4 Å². The van der Waals surface area contributed by atoms with Gasteiger partial charge in [-0.1, -0.05) is 42.5 Å². The molecule has 0 saturated heterocycles. The van der Waals surface area contributed by atoms with Gasteiger partial charge in [0, 0.05) is 19.2 Å². The van der Waals surface area contributed by atoms with Gasteiger partial charge in [0.05, 0.1) is 13.1 Å². The van der Waals surface area contributed by atoms with Crippen LogP contribution in [0.4, 0.5) is 18.0 Å². The van der Waals surface area contributed by atoms with Crippen LogP contribution in [0.5, 0.6) is 5.75 Å². The number of ether oxygens (including phenoxy) is 1. The summed E-state index contributed by atoms with van der Waals surface area (Å²) >= 11 is 0. The van der Waals surface area contributed by atoms with E-state index < -0.39 is 12.4 Å². The zero-order valence-electron chi connectivity index (χ0n) is 16.1. The fraction of sp³-hybridized carbons (Fsp3) is 0.250. The number of urea groups is 1. The van der Waals surface area contributed by atoms with Crippen LogP contribution in [0.3, 0.4) is 0 Å². The summed E-state index contributed by atoms with van der Waals surface area (Å²) in [4.78, 5) is 17.5. The molecule has 1 aromatic heterocycles. The van der Waals surface area contributed by atoms with Crippen molar-refractivity contribution in [3.05, 3.63) is 77.9 Å². The molecule has 0 spiro atoms. The fourth-order valence-corrected chi connectivity index (χ4v) is 2.76. The molecule has 0 aliphatic heterocycles. The van der Waals surface area contributed by atoms with Crippen molar-refractivity contribution >= 4 is 6.03 Å². The lowest BCUT2D eigenvalue weighted by Crippen LogP contribution is -2.36. The summed E-state index contributed by atoms with van der Waals surface area (Å²) in [6.45, 7) is 0.844. The first-order chi connectivity index (χ1) is 14.3. The summed E-state index contributed by atoms with van der Waals surface area (Å²) in [5.74, 6) is -0.326. The number of nitrogens with one attached hydrogen (secondary N) is 1. The Labute approximate surface area is 171 Å². The summed E-state index contributed by atoms with van der Waals surface area (Å²) in [5.41, 5.74) is 2.18. The van der Waals surface area contributed by atoms with Gasteiger partial charge in [0.25, 0.3) is 0 Å². The molecule has 0 saturated carbocycles. The van der Waals surface area contributed by atoms with Gasteiger partial charge in [0.1, 0.15) is 18.4 Å². The largest absolute Gasteiger partial charge is 0.573 e. The molecule has 0 bridgehead atoms. The Morgan fingerprint density at radius 1 is 1.13 bits per heavy atom. The van der Waals surface area contributed by atoms with Crippen molar-refractivity contribution in [2.24, 2.45) is 0 Å². The second-order valence-corrected chi connectivity index (χ2v) is 6.58. The lowest BCUT2D eigenvalue weighted by molar-refractivity contribution is -0.275. The third-order valence-electron chi connectivity index (χ3n) is 4.23. The molecule has 0 aliphatic carbocycles. The highest BCUT2D eigenvalue weighted by Gasteiger charge is 2.32. The quantitative estimate of drug-likeness (QED) is 0.636. The first-order valence-corrected chi connectivity index (χ1v) is 9.03. The molecule has 1 heterocycles. The smallest absolute Gasteiger partial charge is 0.405 e. The molecule has 0 atom stereocenters. The van der Waals surface area contributed by atoms with E-state index in [4.69, 9.17) is 0 Å². The monoisotopic (exact) mass is 419 g/mol. The zero-order valence-corrected chi connectivity index (χ0v) is 16.1. The van der Waals surface area contributed by atoms with Gasteiger partial charge >= 0.3 is 12.4 Å². The second-order valence-electron chi connectivity index (χ2n) is 6.58. The highest BCUT2D eigenvalue weighted by Crippen LogP contribution is 2.26. The van der Waals surface area contributed by atoms with E-state index in [2.05, 4.69) is 20.1 Å². The summed E-state index contributed by atoms with van der Waals surface area (Å²) in [6, 6.07) is 13.0. The van der Waals surface area contributed by atoms with E-state index >= 15 is 0 Å². The van der Waals surface area contributed by atoms with Crippen LogP contribution in [0.1, 0.15) is 16.7 Å². The average molecular weight is 419 g/mol. The molecule has 3 aromatic rings. The van der Waals surface area contributed by atoms with Gasteiger partial charge in [-0.3, -0.25) is 0 Å². The molecular weight excluding hydrogens is 399 g/mol. The maximum atomic E-state index is 12.5. The molecule has 2 amide bonds. The molecule has 2 aromatic carbocycles. The maximum Gasteiger partial charge on any atom is 0.573 e. The van der Waals surface area contributed by atoms with Crippen LogP contribution >= 0.6 is 0 Å². The number of amides is 2. The van der Waals surface area contributed by atoms with E-state index in [1.165, 1.54) is 36.5 Å². The van der Waals surface area contributed by atoms with Crippen LogP contribution in [0.25, 0.3) is 0 Å². The lowest BCUT2D eigenvalue weighted by Gasteiger charge is -2.20. The second kappa shape index (κ2) is 9.29. The van der Waals surface area contributed by atoms with E-state index in [0.29, 0.717) is 6.54 Å². The standard InChI is InChI=1S/C20H20F3N5O2/c1-27(12-17-4-2-3-5-18(17)30-20(21,22)23)19(29)25-10-15-6-8-16(9-7-15)11-28-14-24-13-26-28/h2-9,13-14H,10-12H2,1H3,(H,25,29). The first kappa shape index (κ1) is 21.2. The van der Waals surface area contributed by atoms with Crippen molar-refractivity contribution in [1.29, 1.82) is 0 Å². The number of aromatic nitrogens is 3.